The van der Waals surface area contributed by atoms with Gasteiger partial charge in [-0.05, 0) is 87.5 Å². The topological polar surface area (TPSA) is 70.7 Å². The third-order valence-electron chi connectivity index (χ3n) is 5.79. The zero-order chi connectivity index (χ0) is 22.1. The van der Waals surface area contributed by atoms with Gasteiger partial charge in [0.2, 0.25) is 5.91 Å². The third kappa shape index (κ3) is 7.10. The Morgan fingerprint density at radius 2 is 1.84 bits per heavy atom. The number of piperidine rings is 1. The van der Waals surface area contributed by atoms with Crippen LogP contribution in [0.5, 0.6) is 5.75 Å². The zero-order valence-electron chi connectivity index (χ0n) is 18.5. The van der Waals surface area contributed by atoms with E-state index in [4.69, 9.17) is 4.74 Å². The smallest absolute Gasteiger partial charge is 0.251 e. The van der Waals surface area contributed by atoms with E-state index in [2.05, 4.69) is 27.7 Å². The molecule has 1 aliphatic rings. The van der Waals surface area contributed by atoms with Gasteiger partial charge in [0.25, 0.3) is 5.91 Å². The number of anilines is 1. The number of ether oxygens (including phenoxy) is 1. The van der Waals surface area contributed by atoms with Gasteiger partial charge in [0.1, 0.15) is 5.75 Å². The van der Waals surface area contributed by atoms with Gasteiger partial charge >= 0.3 is 0 Å². The normalized spacial score (nSPS) is 14.8. The number of nitrogens with one attached hydrogen (secondary N) is 2. The lowest BCUT2D eigenvalue weighted by atomic mass is 9.90. The number of nitrogens with zero attached hydrogens (tertiary/aromatic N) is 1. The van der Waals surface area contributed by atoms with Crippen LogP contribution in [0.1, 0.15) is 42.1 Å². The number of hydrogen-bond acceptors (Lipinski definition) is 4. The largest absolute Gasteiger partial charge is 0.494 e. The van der Waals surface area contributed by atoms with Crippen molar-refractivity contribution < 1.29 is 14.3 Å². The molecule has 1 fully saturated rings. The molecule has 6 heteroatoms. The molecule has 31 heavy (non-hydrogen) atoms. The number of rotatable bonds is 9. The lowest BCUT2D eigenvalue weighted by Gasteiger charge is -2.31. The lowest BCUT2D eigenvalue weighted by molar-refractivity contribution is -0.117. The second-order valence-corrected chi connectivity index (χ2v) is 8.04. The highest BCUT2D eigenvalue weighted by atomic mass is 16.5. The van der Waals surface area contributed by atoms with Crippen LogP contribution in [0.25, 0.3) is 0 Å². The fraction of sp³-hybridized carbons (Fsp3) is 0.440. The Bertz CT molecular complexity index is 859. The highest BCUT2D eigenvalue weighted by molar-refractivity contribution is 5.97. The molecule has 0 aromatic heterocycles. The Morgan fingerprint density at radius 1 is 1.10 bits per heavy atom. The molecule has 0 atom stereocenters. The number of likely N-dealkylation sites (tertiary alicyclic amines) is 1. The average molecular weight is 424 g/mol. The van der Waals surface area contributed by atoms with Gasteiger partial charge in [-0.3, -0.25) is 14.5 Å². The molecule has 0 spiro atoms. The van der Waals surface area contributed by atoms with Crippen molar-refractivity contribution in [2.24, 2.45) is 5.92 Å². The molecule has 0 aliphatic carbocycles. The summed E-state index contributed by atoms with van der Waals surface area (Å²) in [5, 5.41) is 5.50. The lowest BCUT2D eigenvalue weighted by Crippen LogP contribution is -2.39. The van der Waals surface area contributed by atoms with E-state index < -0.39 is 0 Å². The minimum absolute atomic E-state index is 0.0399. The van der Waals surface area contributed by atoms with Gasteiger partial charge in [0.05, 0.1) is 13.2 Å². The highest BCUT2D eigenvalue weighted by Gasteiger charge is 2.21. The molecule has 3 rings (SSSR count). The van der Waals surface area contributed by atoms with Gasteiger partial charge in [-0.15, -0.1) is 0 Å². The first-order valence-electron chi connectivity index (χ1n) is 11.1. The Morgan fingerprint density at radius 3 is 2.52 bits per heavy atom. The highest BCUT2D eigenvalue weighted by Crippen LogP contribution is 2.23. The van der Waals surface area contributed by atoms with Crippen molar-refractivity contribution in [3.05, 3.63) is 59.7 Å². The summed E-state index contributed by atoms with van der Waals surface area (Å²) >= 11 is 0. The van der Waals surface area contributed by atoms with Crippen LogP contribution < -0.4 is 15.4 Å². The maximum atomic E-state index is 12.4. The molecule has 2 amide bonds. The van der Waals surface area contributed by atoms with Gasteiger partial charge in [-0.25, -0.2) is 0 Å². The SMILES string of the molecule is CCOc1ccc(CCC2CCN(CC(=O)Nc3cccc(C(=O)NC)c3)CC2)cc1. The number of benzene rings is 2. The molecule has 1 aliphatic heterocycles. The Labute approximate surface area is 185 Å². The van der Waals surface area contributed by atoms with Gasteiger partial charge < -0.3 is 15.4 Å². The van der Waals surface area contributed by atoms with Crippen LogP contribution in [0.2, 0.25) is 0 Å². The summed E-state index contributed by atoms with van der Waals surface area (Å²) in [5.41, 5.74) is 2.54. The van der Waals surface area contributed by atoms with Crippen LogP contribution in [0.4, 0.5) is 5.69 Å². The van der Waals surface area contributed by atoms with Gasteiger partial charge in [0.15, 0.2) is 0 Å². The second kappa shape index (κ2) is 11.5. The molecule has 0 bridgehead atoms. The molecule has 1 heterocycles. The maximum absolute atomic E-state index is 12.4. The molecule has 166 valence electrons. The molecular formula is C25H33N3O3. The summed E-state index contributed by atoms with van der Waals surface area (Å²) in [5.74, 6) is 1.43. The van der Waals surface area contributed by atoms with Crippen LogP contribution in [-0.2, 0) is 11.2 Å². The molecule has 0 radical (unpaired) electrons. The number of amides is 2. The van der Waals surface area contributed by atoms with Crippen molar-refractivity contribution in [1.82, 2.24) is 10.2 Å². The fourth-order valence-electron chi connectivity index (χ4n) is 4.01. The van der Waals surface area contributed by atoms with Gasteiger partial charge in [-0.1, -0.05) is 18.2 Å². The molecule has 6 nitrogen and oxygen atoms in total. The van der Waals surface area contributed by atoms with Crippen molar-refractivity contribution in [2.75, 3.05) is 38.6 Å². The first-order chi connectivity index (χ1) is 15.1. The van der Waals surface area contributed by atoms with E-state index in [9.17, 15) is 9.59 Å². The van der Waals surface area contributed by atoms with E-state index in [-0.39, 0.29) is 11.8 Å². The molecular weight excluding hydrogens is 390 g/mol. The van der Waals surface area contributed by atoms with E-state index in [1.165, 1.54) is 12.0 Å². The van der Waals surface area contributed by atoms with E-state index in [1.807, 2.05) is 19.1 Å². The predicted octanol–water partition coefficient (Wildman–Crippen LogP) is 3.73. The van der Waals surface area contributed by atoms with Gasteiger partial charge in [0, 0.05) is 18.3 Å². The first kappa shape index (κ1) is 22.8. The summed E-state index contributed by atoms with van der Waals surface area (Å²) in [7, 11) is 1.59. The maximum Gasteiger partial charge on any atom is 0.251 e. The predicted molar refractivity (Wildman–Crippen MR) is 124 cm³/mol. The van der Waals surface area contributed by atoms with E-state index in [1.54, 1.807) is 31.3 Å². The molecule has 0 unspecified atom stereocenters. The first-order valence-corrected chi connectivity index (χ1v) is 11.1. The number of carbonyl (C=O) groups excluding carboxylic acids is 2. The summed E-state index contributed by atoms with van der Waals surface area (Å²) < 4.78 is 5.50. The summed E-state index contributed by atoms with van der Waals surface area (Å²) in [6.45, 7) is 4.96. The number of aryl methyl sites for hydroxylation is 1. The number of hydrogen-bond donors (Lipinski definition) is 2. The van der Waals surface area contributed by atoms with Gasteiger partial charge in [-0.2, -0.15) is 0 Å². The van der Waals surface area contributed by atoms with Crippen molar-refractivity contribution >= 4 is 17.5 Å². The van der Waals surface area contributed by atoms with Crippen molar-refractivity contribution in [3.8, 4) is 5.75 Å². The van der Waals surface area contributed by atoms with Crippen LogP contribution in [0.15, 0.2) is 48.5 Å². The third-order valence-corrected chi connectivity index (χ3v) is 5.79. The Hall–Kier alpha value is -2.86. The van der Waals surface area contributed by atoms with Crippen LogP contribution in [0, 0.1) is 5.92 Å². The monoisotopic (exact) mass is 423 g/mol. The zero-order valence-corrected chi connectivity index (χ0v) is 18.5. The summed E-state index contributed by atoms with van der Waals surface area (Å²) in [4.78, 5) is 26.4. The van der Waals surface area contributed by atoms with E-state index in [0.29, 0.717) is 30.3 Å². The van der Waals surface area contributed by atoms with Crippen LogP contribution >= 0.6 is 0 Å². The quantitative estimate of drug-likeness (QED) is 0.645. The Balaban J connectivity index is 1.38. The van der Waals surface area contributed by atoms with Crippen LogP contribution in [0.3, 0.4) is 0 Å². The Kier molecular flexibility index (Phi) is 8.47. The van der Waals surface area contributed by atoms with E-state index >= 15 is 0 Å². The van der Waals surface area contributed by atoms with Crippen molar-refractivity contribution in [2.45, 2.75) is 32.6 Å². The molecule has 0 saturated carbocycles. The molecule has 2 N–H and O–H groups in total. The van der Waals surface area contributed by atoms with Crippen molar-refractivity contribution in [3.63, 3.8) is 0 Å². The average Bonchev–Trinajstić information content (AvgIpc) is 2.79. The van der Waals surface area contributed by atoms with Crippen LogP contribution in [-0.4, -0.2) is 50.0 Å². The number of carbonyl (C=O) groups is 2. The molecule has 2 aromatic rings. The van der Waals surface area contributed by atoms with Crippen molar-refractivity contribution in [1.29, 1.82) is 0 Å². The standard InChI is InChI=1S/C25H33N3O3/c1-3-31-23-11-9-19(10-12-23)7-8-20-13-15-28(16-14-20)18-24(29)27-22-6-4-5-21(17-22)25(30)26-2/h4-6,9-12,17,20H,3,7-8,13-16,18H2,1-2H3,(H,26,30)(H,27,29). The summed E-state index contributed by atoms with van der Waals surface area (Å²) in [6, 6.07) is 15.4. The second-order valence-electron chi connectivity index (χ2n) is 8.04. The molecule has 1 saturated heterocycles. The summed E-state index contributed by atoms with van der Waals surface area (Å²) in [6.07, 6.45) is 4.51. The fourth-order valence-corrected chi connectivity index (χ4v) is 4.01. The minimum atomic E-state index is -0.164. The molecule has 2 aromatic carbocycles. The minimum Gasteiger partial charge on any atom is -0.494 e. The van der Waals surface area contributed by atoms with E-state index in [0.717, 1.165) is 38.1 Å².